The van der Waals surface area contributed by atoms with Gasteiger partial charge in [0.05, 0.1) is 12.6 Å². The molecule has 7 nitrogen and oxygen atoms in total. The minimum Gasteiger partial charge on any atom is -0.496 e. The number of hydrogen-bond acceptors (Lipinski definition) is 4. The predicted octanol–water partition coefficient (Wildman–Crippen LogP) is 2.20. The Kier molecular flexibility index (Phi) is 4.15. The first-order valence-corrected chi connectivity index (χ1v) is 7.21. The highest BCUT2D eigenvalue weighted by atomic mass is 16.5. The fraction of sp³-hybridized carbons (Fsp3) is 0.118. The Morgan fingerprint density at radius 3 is 2.79 bits per heavy atom. The number of methoxy groups -OCH3 is 1. The lowest BCUT2D eigenvalue weighted by molar-refractivity contribution is 0.0693. The average Bonchev–Trinajstić information content (AvgIpc) is 3.03. The summed E-state index contributed by atoms with van der Waals surface area (Å²) in [5, 5.41) is 19.4. The molecular formula is C17H15N3O4. The third kappa shape index (κ3) is 2.91. The topological polar surface area (TPSA) is 104 Å². The van der Waals surface area contributed by atoms with Crippen molar-refractivity contribution in [2.75, 3.05) is 7.11 Å². The van der Waals surface area contributed by atoms with Gasteiger partial charge in [-0.3, -0.25) is 9.89 Å². The third-order valence-electron chi connectivity index (χ3n) is 3.63. The van der Waals surface area contributed by atoms with Crippen molar-refractivity contribution in [1.29, 1.82) is 0 Å². The molecule has 1 aromatic heterocycles. The number of H-pyrrole nitrogens is 1. The van der Waals surface area contributed by atoms with Crippen LogP contribution in [0.15, 0.2) is 42.5 Å². The van der Waals surface area contributed by atoms with Crippen LogP contribution >= 0.6 is 0 Å². The molecule has 0 aliphatic carbocycles. The van der Waals surface area contributed by atoms with Gasteiger partial charge in [0.1, 0.15) is 11.3 Å². The number of carboxylic acid groups (broad SMARTS) is 1. The Labute approximate surface area is 137 Å². The van der Waals surface area contributed by atoms with E-state index in [-0.39, 0.29) is 23.8 Å². The maximum absolute atomic E-state index is 12.3. The van der Waals surface area contributed by atoms with E-state index in [9.17, 15) is 9.59 Å². The highest BCUT2D eigenvalue weighted by Crippen LogP contribution is 2.20. The molecule has 0 unspecified atom stereocenters. The zero-order valence-corrected chi connectivity index (χ0v) is 12.9. The Balaban J connectivity index is 1.76. The number of nitrogens with one attached hydrogen (secondary N) is 2. The van der Waals surface area contributed by atoms with Crippen LogP contribution in [0.25, 0.3) is 10.9 Å². The highest BCUT2D eigenvalue weighted by molar-refractivity contribution is 6.04. The van der Waals surface area contributed by atoms with Crippen molar-refractivity contribution >= 4 is 22.8 Å². The number of aromatic amines is 1. The van der Waals surface area contributed by atoms with Crippen LogP contribution in [-0.2, 0) is 6.54 Å². The molecule has 0 aliphatic heterocycles. The monoisotopic (exact) mass is 325 g/mol. The number of amides is 1. The number of fused-ring (bicyclic) bond motifs is 1. The van der Waals surface area contributed by atoms with Gasteiger partial charge in [-0.15, -0.1) is 0 Å². The van der Waals surface area contributed by atoms with Crippen molar-refractivity contribution in [3.05, 3.63) is 59.3 Å². The Bertz CT molecular complexity index is 917. The first-order valence-electron chi connectivity index (χ1n) is 7.21. The number of hydrogen-bond donors (Lipinski definition) is 3. The molecule has 122 valence electrons. The molecule has 0 saturated carbocycles. The van der Waals surface area contributed by atoms with Crippen molar-refractivity contribution in [3.8, 4) is 5.75 Å². The molecule has 3 rings (SSSR count). The fourth-order valence-corrected chi connectivity index (χ4v) is 2.42. The highest BCUT2D eigenvalue weighted by Gasteiger charge is 2.15. The third-order valence-corrected chi connectivity index (χ3v) is 3.63. The molecule has 0 spiro atoms. The normalized spacial score (nSPS) is 10.5. The first-order chi connectivity index (χ1) is 11.6. The predicted molar refractivity (Wildman–Crippen MR) is 87.2 cm³/mol. The van der Waals surface area contributed by atoms with E-state index >= 15 is 0 Å². The molecule has 2 aromatic carbocycles. The van der Waals surface area contributed by atoms with E-state index in [1.165, 1.54) is 13.2 Å². The number of para-hydroxylation sites is 1. The van der Waals surface area contributed by atoms with Gasteiger partial charge in [-0.1, -0.05) is 24.3 Å². The summed E-state index contributed by atoms with van der Waals surface area (Å²) in [6.45, 7) is 0.232. The van der Waals surface area contributed by atoms with Crippen molar-refractivity contribution in [2.45, 2.75) is 6.54 Å². The standard InChI is InChI=1S/C17H15N3O4/c1-24-14-8-10(6-7-12(14)17(22)23)9-18-16(21)15-11-4-2-3-5-13(11)19-20-15/h2-8H,9H2,1H3,(H,18,21)(H,19,20)(H,22,23). The van der Waals surface area contributed by atoms with Crippen molar-refractivity contribution in [3.63, 3.8) is 0 Å². The Morgan fingerprint density at radius 1 is 1.25 bits per heavy atom. The van der Waals surface area contributed by atoms with Crippen LogP contribution in [0.1, 0.15) is 26.4 Å². The molecular weight excluding hydrogens is 310 g/mol. The number of aromatic nitrogens is 2. The minimum atomic E-state index is -1.06. The average molecular weight is 325 g/mol. The van der Waals surface area contributed by atoms with Gasteiger partial charge >= 0.3 is 5.97 Å². The summed E-state index contributed by atoms with van der Waals surface area (Å²) in [5.74, 6) is -1.13. The van der Waals surface area contributed by atoms with Crippen molar-refractivity contribution in [1.82, 2.24) is 15.5 Å². The van der Waals surface area contributed by atoms with Gasteiger partial charge in [0, 0.05) is 11.9 Å². The second-order valence-electron chi connectivity index (χ2n) is 5.14. The van der Waals surface area contributed by atoms with E-state index < -0.39 is 5.97 Å². The van der Waals surface area contributed by atoms with E-state index in [0.29, 0.717) is 5.69 Å². The molecule has 0 fully saturated rings. The van der Waals surface area contributed by atoms with Crippen LogP contribution in [0.3, 0.4) is 0 Å². The minimum absolute atomic E-state index is 0.0749. The van der Waals surface area contributed by atoms with Gasteiger partial charge in [-0.05, 0) is 23.8 Å². The largest absolute Gasteiger partial charge is 0.496 e. The summed E-state index contributed by atoms with van der Waals surface area (Å²) in [6.07, 6.45) is 0. The van der Waals surface area contributed by atoms with E-state index in [1.54, 1.807) is 12.1 Å². The number of aromatic carboxylic acids is 1. The zero-order chi connectivity index (χ0) is 17.1. The first kappa shape index (κ1) is 15.5. The molecule has 7 heteroatoms. The number of ether oxygens (including phenoxy) is 1. The van der Waals surface area contributed by atoms with Crippen LogP contribution in [-0.4, -0.2) is 34.3 Å². The van der Waals surface area contributed by atoms with Crippen LogP contribution in [0.2, 0.25) is 0 Å². The van der Waals surface area contributed by atoms with Gasteiger partial charge in [-0.2, -0.15) is 5.10 Å². The second kappa shape index (κ2) is 6.41. The van der Waals surface area contributed by atoms with Crippen molar-refractivity contribution < 1.29 is 19.4 Å². The smallest absolute Gasteiger partial charge is 0.339 e. The molecule has 0 bridgehead atoms. The fourth-order valence-electron chi connectivity index (χ4n) is 2.42. The number of nitrogens with zero attached hydrogens (tertiary/aromatic N) is 1. The maximum atomic E-state index is 12.3. The van der Waals surface area contributed by atoms with Crippen LogP contribution in [0.5, 0.6) is 5.75 Å². The van der Waals surface area contributed by atoms with E-state index in [2.05, 4.69) is 15.5 Å². The summed E-state index contributed by atoms with van der Waals surface area (Å²) in [6, 6.07) is 12.0. The molecule has 3 aromatic rings. The number of carbonyl (C=O) groups excluding carboxylic acids is 1. The number of carbonyl (C=O) groups is 2. The molecule has 0 atom stereocenters. The number of rotatable bonds is 5. The van der Waals surface area contributed by atoms with Gasteiger partial charge in [0.25, 0.3) is 5.91 Å². The molecule has 3 N–H and O–H groups in total. The van der Waals surface area contributed by atoms with E-state index in [4.69, 9.17) is 9.84 Å². The zero-order valence-electron chi connectivity index (χ0n) is 12.9. The summed E-state index contributed by atoms with van der Waals surface area (Å²) in [5.41, 5.74) is 1.91. The molecule has 0 radical (unpaired) electrons. The summed E-state index contributed by atoms with van der Waals surface area (Å²) in [4.78, 5) is 23.4. The maximum Gasteiger partial charge on any atom is 0.339 e. The van der Waals surface area contributed by atoms with E-state index in [0.717, 1.165) is 16.5 Å². The molecule has 0 saturated heterocycles. The lowest BCUT2D eigenvalue weighted by atomic mass is 10.1. The SMILES string of the molecule is COc1cc(CNC(=O)c2n[nH]c3ccccc23)ccc1C(=O)O. The van der Waals surface area contributed by atoms with Crippen LogP contribution in [0, 0.1) is 0 Å². The molecule has 1 heterocycles. The van der Waals surface area contributed by atoms with Gasteiger partial charge < -0.3 is 15.2 Å². The number of carboxylic acids is 1. The van der Waals surface area contributed by atoms with Crippen LogP contribution < -0.4 is 10.1 Å². The lowest BCUT2D eigenvalue weighted by Crippen LogP contribution is -2.23. The second-order valence-corrected chi connectivity index (χ2v) is 5.14. The van der Waals surface area contributed by atoms with Gasteiger partial charge in [-0.25, -0.2) is 4.79 Å². The van der Waals surface area contributed by atoms with Crippen LogP contribution in [0.4, 0.5) is 0 Å². The Hall–Kier alpha value is -3.35. The quantitative estimate of drug-likeness (QED) is 0.667. The lowest BCUT2D eigenvalue weighted by Gasteiger charge is -2.08. The summed E-state index contributed by atoms with van der Waals surface area (Å²) in [7, 11) is 1.40. The summed E-state index contributed by atoms with van der Waals surface area (Å²) < 4.78 is 5.07. The van der Waals surface area contributed by atoms with Gasteiger partial charge in [0.15, 0.2) is 5.69 Å². The molecule has 24 heavy (non-hydrogen) atoms. The molecule has 0 aliphatic rings. The number of benzene rings is 2. The Morgan fingerprint density at radius 2 is 2.04 bits per heavy atom. The van der Waals surface area contributed by atoms with Crippen molar-refractivity contribution in [2.24, 2.45) is 0 Å². The summed E-state index contributed by atoms with van der Waals surface area (Å²) >= 11 is 0. The van der Waals surface area contributed by atoms with Gasteiger partial charge in [0.2, 0.25) is 0 Å². The van der Waals surface area contributed by atoms with E-state index in [1.807, 2.05) is 24.3 Å². The molecule has 1 amide bonds.